The molecule has 2 aromatic rings. The van der Waals surface area contributed by atoms with Gasteiger partial charge < -0.3 is 4.74 Å². The fourth-order valence-electron chi connectivity index (χ4n) is 1.50. The lowest BCUT2D eigenvalue weighted by atomic mass is 10.2. The van der Waals surface area contributed by atoms with E-state index in [4.69, 9.17) is 33.2 Å². The number of nitro groups is 1. The van der Waals surface area contributed by atoms with Gasteiger partial charge in [-0.3, -0.25) is 10.1 Å². The van der Waals surface area contributed by atoms with Crippen LogP contribution in [0.15, 0.2) is 36.4 Å². The van der Waals surface area contributed by atoms with Crippen LogP contribution in [0.3, 0.4) is 0 Å². The summed E-state index contributed by atoms with van der Waals surface area (Å²) in [5, 5.41) is 19.5. The van der Waals surface area contributed by atoms with Crippen molar-refractivity contribution < 1.29 is 9.66 Å². The third kappa shape index (κ3) is 2.99. The van der Waals surface area contributed by atoms with E-state index in [9.17, 15) is 10.1 Å². The van der Waals surface area contributed by atoms with E-state index in [-0.39, 0.29) is 21.5 Å². The lowest BCUT2D eigenvalue weighted by Gasteiger charge is -2.09. The molecule has 0 saturated heterocycles. The maximum Gasteiger partial charge on any atom is 0.272 e. The van der Waals surface area contributed by atoms with Crippen LogP contribution in [0.25, 0.3) is 0 Å². The average molecular weight is 309 g/mol. The summed E-state index contributed by atoms with van der Waals surface area (Å²) >= 11 is 11.8. The van der Waals surface area contributed by atoms with Gasteiger partial charge in [0.2, 0.25) is 0 Å². The highest BCUT2D eigenvalue weighted by molar-refractivity contribution is 6.37. The predicted octanol–water partition coefficient (Wildman–Crippen LogP) is 4.57. The van der Waals surface area contributed by atoms with Crippen LogP contribution in [0, 0.1) is 21.4 Å². The molecule has 0 bridgehead atoms. The molecule has 5 nitrogen and oxygen atoms in total. The van der Waals surface area contributed by atoms with Crippen LogP contribution in [0.1, 0.15) is 5.56 Å². The number of hydrogen-bond acceptors (Lipinski definition) is 4. The lowest BCUT2D eigenvalue weighted by molar-refractivity contribution is -0.384. The molecule has 7 heteroatoms. The molecule has 0 saturated carbocycles. The smallest absolute Gasteiger partial charge is 0.272 e. The highest BCUT2D eigenvalue weighted by Crippen LogP contribution is 2.39. The van der Waals surface area contributed by atoms with Crippen LogP contribution in [0.2, 0.25) is 10.0 Å². The number of halogens is 2. The fraction of sp³-hybridized carbons (Fsp3) is 0. The molecular weight excluding hydrogens is 303 g/mol. The van der Waals surface area contributed by atoms with Crippen molar-refractivity contribution in [1.82, 2.24) is 0 Å². The van der Waals surface area contributed by atoms with Crippen molar-refractivity contribution in [2.75, 3.05) is 0 Å². The van der Waals surface area contributed by atoms with E-state index in [2.05, 4.69) is 0 Å². The van der Waals surface area contributed by atoms with Crippen molar-refractivity contribution in [2.45, 2.75) is 0 Å². The number of benzene rings is 2. The SMILES string of the molecule is N#Cc1cccc(Oc2c(Cl)cc([N+](=O)[O-])cc2Cl)c1. The molecule has 0 unspecified atom stereocenters. The second-order valence-electron chi connectivity index (χ2n) is 3.74. The van der Waals surface area contributed by atoms with Gasteiger partial charge >= 0.3 is 0 Å². The Bertz CT molecular complexity index is 703. The summed E-state index contributed by atoms with van der Waals surface area (Å²) in [6.45, 7) is 0. The zero-order valence-corrected chi connectivity index (χ0v) is 11.4. The molecule has 0 amide bonds. The Morgan fingerprint density at radius 2 is 1.85 bits per heavy atom. The number of rotatable bonds is 3. The second-order valence-corrected chi connectivity index (χ2v) is 4.55. The number of non-ortho nitro benzene ring substituents is 1. The first-order valence-electron chi connectivity index (χ1n) is 5.32. The van der Waals surface area contributed by atoms with Crippen molar-refractivity contribution in [2.24, 2.45) is 0 Å². The maximum atomic E-state index is 10.7. The van der Waals surface area contributed by atoms with E-state index in [1.165, 1.54) is 6.07 Å². The van der Waals surface area contributed by atoms with Gasteiger partial charge in [0.05, 0.1) is 26.6 Å². The van der Waals surface area contributed by atoms with Gasteiger partial charge in [-0.05, 0) is 18.2 Å². The molecule has 0 aliphatic rings. The van der Waals surface area contributed by atoms with Crippen LogP contribution in [-0.4, -0.2) is 4.92 Å². The standard InChI is InChI=1S/C13H6Cl2N2O3/c14-11-5-9(17(18)19)6-12(15)13(11)20-10-3-1-2-8(4-10)7-16/h1-6H. The first-order chi connectivity index (χ1) is 9.51. The van der Waals surface area contributed by atoms with Crippen molar-refractivity contribution in [1.29, 1.82) is 5.26 Å². The third-order valence-corrected chi connectivity index (χ3v) is 2.94. The Labute approximate surface area is 124 Å². The summed E-state index contributed by atoms with van der Waals surface area (Å²) in [4.78, 5) is 10.1. The molecule has 0 spiro atoms. The Balaban J connectivity index is 2.39. The Morgan fingerprint density at radius 1 is 1.20 bits per heavy atom. The molecule has 0 aromatic heterocycles. The van der Waals surface area contributed by atoms with Gasteiger partial charge in [-0.15, -0.1) is 0 Å². The first kappa shape index (κ1) is 14.1. The van der Waals surface area contributed by atoms with Gasteiger partial charge in [-0.1, -0.05) is 29.3 Å². The monoisotopic (exact) mass is 308 g/mol. The second kappa shape index (κ2) is 5.78. The molecule has 0 aliphatic carbocycles. The number of hydrogen-bond donors (Lipinski definition) is 0. The summed E-state index contributed by atoms with van der Waals surface area (Å²) in [5.74, 6) is 0.468. The quantitative estimate of drug-likeness (QED) is 0.615. The first-order valence-corrected chi connectivity index (χ1v) is 6.08. The molecule has 20 heavy (non-hydrogen) atoms. The maximum absolute atomic E-state index is 10.7. The third-order valence-electron chi connectivity index (χ3n) is 2.38. The number of nitro benzene ring substituents is 1. The minimum absolute atomic E-state index is 0.0200. The zero-order chi connectivity index (χ0) is 14.7. The molecule has 0 N–H and O–H groups in total. The number of nitrogens with zero attached hydrogens (tertiary/aromatic N) is 2. The topological polar surface area (TPSA) is 76.2 Å². The van der Waals surface area contributed by atoms with Gasteiger partial charge in [0, 0.05) is 12.1 Å². The average Bonchev–Trinajstić information content (AvgIpc) is 2.42. The molecular formula is C13H6Cl2N2O3. The van der Waals surface area contributed by atoms with Crippen LogP contribution < -0.4 is 4.74 Å². The van der Waals surface area contributed by atoms with Gasteiger partial charge in [0.1, 0.15) is 5.75 Å². The minimum atomic E-state index is -0.599. The van der Waals surface area contributed by atoms with Crippen LogP contribution in [0.4, 0.5) is 5.69 Å². The lowest BCUT2D eigenvalue weighted by Crippen LogP contribution is -1.92. The van der Waals surface area contributed by atoms with Gasteiger partial charge in [-0.25, -0.2) is 0 Å². The predicted molar refractivity (Wildman–Crippen MR) is 74.3 cm³/mol. The molecule has 100 valence electrons. The summed E-state index contributed by atoms with van der Waals surface area (Å²) in [6, 6.07) is 10.7. The molecule has 2 rings (SSSR count). The Morgan fingerprint density at radius 3 is 2.40 bits per heavy atom. The highest BCUT2D eigenvalue weighted by atomic mass is 35.5. The zero-order valence-electron chi connectivity index (χ0n) is 9.84. The van der Waals surface area contributed by atoms with Crippen LogP contribution in [0.5, 0.6) is 11.5 Å². The Hall–Kier alpha value is -2.29. The molecule has 0 aliphatic heterocycles. The summed E-state index contributed by atoms with van der Waals surface area (Å²) in [6.07, 6.45) is 0. The van der Waals surface area contributed by atoms with Crippen molar-refractivity contribution >= 4 is 28.9 Å². The van der Waals surface area contributed by atoms with E-state index >= 15 is 0 Å². The summed E-state index contributed by atoms with van der Waals surface area (Å²) in [5.41, 5.74) is 0.190. The van der Waals surface area contributed by atoms with Gasteiger partial charge in [0.15, 0.2) is 5.75 Å². The largest absolute Gasteiger partial charge is 0.454 e. The molecule has 0 fully saturated rings. The number of nitriles is 1. The minimum Gasteiger partial charge on any atom is -0.454 e. The molecule has 0 heterocycles. The van der Waals surface area contributed by atoms with E-state index in [1.807, 2.05) is 6.07 Å². The normalized spacial score (nSPS) is 9.85. The van der Waals surface area contributed by atoms with Gasteiger partial charge in [0.25, 0.3) is 5.69 Å². The van der Waals surface area contributed by atoms with E-state index in [0.717, 1.165) is 12.1 Å². The van der Waals surface area contributed by atoms with E-state index < -0.39 is 4.92 Å². The molecule has 2 aromatic carbocycles. The summed E-state index contributed by atoms with van der Waals surface area (Å²) < 4.78 is 5.48. The van der Waals surface area contributed by atoms with Crippen LogP contribution in [-0.2, 0) is 0 Å². The number of ether oxygens (including phenoxy) is 1. The van der Waals surface area contributed by atoms with E-state index in [1.54, 1.807) is 18.2 Å². The van der Waals surface area contributed by atoms with E-state index in [0.29, 0.717) is 11.3 Å². The summed E-state index contributed by atoms with van der Waals surface area (Å²) in [7, 11) is 0. The van der Waals surface area contributed by atoms with Crippen molar-refractivity contribution in [3.63, 3.8) is 0 Å². The van der Waals surface area contributed by atoms with Crippen molar-refractivity contribution in [3.8, 4) is 17.6 Å². The fourth-order valence-corrected chi connectivity index (χ4v) is 2.05. The molecule has 0 radical (unpaired) electrons. The van der Waals surface area contributed by atoms with Crippen molar-refractivity contribution in [3.05, 3.63) is 62.1 Å². The molecule has 0 atom stereocenters. The highest BCUT2D eigenvalue weighted by Gasteiger charge is 2.16. The van der Waals surface area contributed by atoms with Gasteiger partial charge in [-0.2, -0.15) is 5.26 Å². The van der Waals surface area contributed by atoms with Crippen LogP contribution >= 0.6 is 23.2 Å². The Kier molecular flexibility index (Phi) is 4.08.